The Balaban J connectivity index is 1.86. The third-order valence-corrected chi connectivity index (χ3v) is 3.70. The van der Waals surface area contributed by atoms with Crippen molar-refractivity contribution in [1.29, 1.82) is 0 Å². The molecule has 0 amide bonds. The largest absolute Gasteiger partial charge is 0.375 e. The molecule has 2 heterocycles. The zero-order chi connectivity index (χ0) is 9.97. The molecular formula is C10H18N3S+. The number of likely N-dealkylation sites (tertiary alicyclic amines) is 1. The van der Waals surface area contributed by atoms with Gasteiger partial charge in [0.25, 0.3) is 0 Å². The molecule has 0 bridgehead atoms. The Bertz CT molecular complexity index is 289. The fourth-order valence-corrected chi connectivity index (χ4v) is 2.57. The predicted molar refractivity (Wildman–Crippen MR) is 59.3 cm³/mol. The summed E-state index contributed by atoms with van der Waals surface area (Å²) in [7, 11) is 0. The second kappa shape index (κ2) is 4.28. The summed E-state index contributed by atoms with van der Waals surface area (Å²) in [4.78, 5) is 5.96. The number of nitrogen functional groups attached to an aromatic ring is 1. The summed E-state index contributed by atoms with van der Waals surface area (Å²) in [6, 6.07) is 0. The van der Waals surface area contributed by atoms with E-state index < -0.39 is 0 Å². The molecule has 1 saturated heterocycles. The molecule has 1 aliphatic heterocycles. The lowest BCUT2D eigenvalue weighted by Crippen LogP contribution is -3.11. The van der Waals surface area contributed by atoms with E-state index in [-0.39, 0.29) is 0 Å². The first-order valence-electron chi connectivity index (χ1n) is 5.27. The van der Waals surface area contributed by atoms with E-state index in [1.165, 1.54) is 25.9 Å². The summed E-state index contributed by atoms with van der Waals surface area (Å²) in [5.41, 5.74) is 6.77. The van der Waals surface area contributed by atoms with Crippen LogP contribution in [0.15, 0.2) is 5.38 Å². The van der Waals surface area contributed by atoms with Crippen LogP contribution < -0.4 is 10.6 Å². The number of hydrogen-bond donors (Lipinski definition) is 2. The highest BCUT2D eigenvalue weighted by molar-refractivity contribution is 7.13. The van der Waals surface area contributed by atoms with Gasteiger partial charge in [0.15, 0.2) is 5.13 Å². The van der Waals surface area contributed by atoms with Crippen molar-refractivity contribution in [2.45, 2.75) is 26.3 Å². The Kier molecular flexibility index (Phi) is 3.03. The van der Waals surface area contributed by atoms with Gasteiger partial charge in [0, 0.05) is 5.38 Å². The highest BCUT2D eigenvalue weighted by atomic mass is 32.1. The zero-order valence-corrected chi connectivity index (χ0v) is 9.44. The van der Waals surface area contributed by atoms with E-state index in [1.54, 1.807) is 16.2 Å². The molecule has 0 aromatic carbocycles. The van der Waals surface area contributed by atoms with Crippen LogP contribution in [0.4, 0.5) is 5.13 Å². The second-order valence-corrected chi connectivity index (χ2v) is 5.18. The summed E-state index contributed by atoms with van der Waals surface area (Å²) in [5.74, 6) is 0.916. The van der Waals surface area contributed by atoms with E-state index in [4.69, 9.17) is 5.73 Å². The van der Waals surface area contributed by atoms with Crippen LogP contribution in [0.5, 0.6) is 0 Å². The van der Waals surface area contributed by atoms with E-state index in [0.717, 1.165) is 18.2 Å². The van der Waals surface area contributed by atoms with Gasteiger partial charge >= 0.3 is 0 Å². The first-order valence-corrected chi connectivity index (χ1v) is 6.15. The van der Waals surface area contributed by atoms with E-state index in [1.807, 2.05) is 0 Å². The van der Waals surface area contributed by atoms with E-state index >= 15 is 0 Å². The van der Waals surface area contributed by atoms with Crippen molar-refractivity contribution < 1.29 is 4.90 Å². The van der Waals surface area contributed by atoms with Gasteiger partial charge in [-0.05, 0) is 18.8 Å². The van der Waals surface area contributed by atoms with Gasteiger partial charge in [0.1, 0.15) is 12.2 Å². The number of anilines is 1. The minimum Gasteiger partial charge on any atom is -0.375 e. The van der Waals surface area contributed by atoms with Crippen LogP contribution in [0.1, 0.15) is 25.5 Å². The first-order chi connectivity index (χ1) is 6.74. The Hall–Kier alpha value is -0.610. The molecule has 3 nitrogen and oxygen atoms in total. The number of nitrogens with one attached hydrogen (secondary N) is 1. The molecule has 0 unspecified atom stereocenters. The highest BCUT2D eigenvalue weighted by Gasteiger charge is 2.19. The van der Waals surface area contributed by atoms with Crippen LogP contribution >= 0.6 is 11.3 Å². The molecule has 1 aromatic heterocycles. The van der Waals surface area contributed by atoms with Gasteiger partial charge in [-0.15, -0.1) is 11.3 Å². The van der Waals surface area contributed by atoms with Crippen molar-refractivity contribution in [1.82, 2.24) is 4.98 Å². The summed E-state index contributed by atoms with van der Waals surface area (Å²) in [6.07, 6.45) is 2.71. The molecule has 0 spiro atoms. The molecule has 14 heavy (non-hydrogen) atoms. The number of piperidine rings is 1. The van der Waals surface area contributed by atoms with Gasteiger partial charge < -0.3 is 10.6 Å². The van der Waals surface area contributed by atoms with Crippen molar-refractivity contribution in [2.24, 2.45) is 5.92 Å². The van der Waals surface area contributed by atoms with Crippen LogP contribution in [0, 0.1) is 5.92 Å². The minimum absolute atomic E-state index is 0.699. The smallest absolute Gasteiger partial charge is 0.180 e. The molecule has 78 valence electrons. The number of thiazole rings is 1. The Labute approximate surface area is 88.9 Å². The quantitative estimate of drug-likeness (QED) is 0.751. The van der Waals surface area contributed by atoms with Gasteiger partial charge in [-0.1, -0.05) is 6.92 Å². The molecule has 2 rings (SSSR count). The van der Waals surface area contributed by atoms with Crippen molar-refractivity contribution in [3.63, 3.8) is 0 Å². The maximum atomic E-state index is 5.60. The van der Waals surface area contributed by atoms with Crippen molar-refractivity contribution in [3.8, 4) is 0 Å². The number of rotatable bonds is 2. The zero-order valence-electron chi connectivity index (χ0n) is 8.62. The minimum atomic E-state index is 0.699. The third-order valence-electron chi connectivity index (χ3n) is 2.98. The van der Waals surface area contributed by atoms with Gasteiger partial charge in [-0.2, -0.15) is 0 Å². The molecule has 1 aromatic rings. The average Bonchev–Trinajstić information content (AvgIpc) is 2.56. The third kappa shape index (κ3) is 2.45. The Morgan fingerprint density at radius 3 is 2.86 bits per heavy atom. The van der Waals surface area contributed by atoms with E-state index in [0.29, 0.717) is 5.13 Å². The maximum Gasteiger partial charge on any atom is 0.180 e. The predicted octanol–water partition coefficient (Wildman–Crippen LogP) is 0.540. The van der Waals surface area contributed by atoms with Crippen molar-refractivity contribution >= 4 is 16.5 Å². The number of nitrogens with two attached hydrogens (primary N) is 1. The maximum absolute atomic E-state index is 5.60. The molecule has 1 aliphatic rings. The molecule has 0 radical (unpaired) electrons. The van der Waals surface area contributed by atoms with Crippen molar-refractivity contribution in [3.05, 3.63) is 11.1 Å². The van der Waals surface area contributed by atoms with Crippen LogP contribution in [0.25, 0.3) is 0 Å². The molecule has 0 saturated carbocycles. The normalized spacial score (nSPS) is 27.8. The lowest BCUT2D eigenvalue weighted by atomic mass is 9.99. The number of hydrogen-bond acceptors (Lipinski definition) is 3. The summed E-state index contributed by atoms with van der Waals surface area (Å²) in [5, 5.41) is 2.78. The topological polar surface area (TPSA) is 43.4 Å². The highest BCUT2D eigenvalue weighted by Crippen LogP contribution is 2.11. The average molecular weight is 212 g/mol. The van der Waals surface area contributed by atoms with Gasteiger partial charge in [0.2, 0.25) is 0 Å². The monoisotopic (exact) mass is 212 g/mol. The molecule has 1 fully saturated rings. The number of quaternary nitrogens is 1. The van der Waals surface area contributed by atoms with Crippen LogP contribution in [0.2, 0.25) is 0 Å². The Morgan fingerprint density at radius 2 is 2.29 bits per heavy atom. The summed E-state index contributed by atoms with van der Waals surface area (Å²) < 4.78 is 0. The number of aromatic nitrogens is 1. The summed E-state index contributed by atoms with van der Waals surface area (Å²) in [6.45, 7) is 5.98. The SMILES string of the molecule is CC1CC[NH+](Cc2csc(N)n2)CC1. The summed E-state index contributed by atoms with van der Waals surface area (Å²) >= 11 is 1.55. The molecule has 3 N–H and O–H groups in total. The molecular weight excluding hydrogens is 194 g/mol. The van der Waals surface area contributed by atoms with Gasteiger partial charge in [-0.3, -0.25) is 0 Å². The van der Waals surface area contributed by atoms with Gasteiger partial charge in [-0.25, -0.2) is 4.98 Å². The van der Waals surface area contributed by atoms with Gasteiger partial charge in [0.05, 0.1) is 13.1 Å². The number of nitrogens with zero attached hydrogens (tertiary/aromatic N) is 1. The lowest BCUT2D eigenvalue weighted by molar-refractivity contribution is -0.920. The molecule has 0 atom stereocenters. The van der Waals surface area contributed by atoms with Crippen LogP contribution in [-0.2, 0) is 6.54 Å². The van der Waals surface area contributed by atoms with Crippen LogP contribution in [0.3, 0.4) is 0 Å². The first kappa shape index (κ1) is 9.93. The van der Waals surface area contributed by atoms with Crippen LogP contribution in [-0.4, -0.2) is 18.1 Å². The molecule has 0 aliphatic carbocycles. The fourth-order valence-electron chi connectivity index (χ4n) is 2.01. The van der Waals surface area contributed by atoms with E-state index in [2.05, 4.69) is 17.3 Å². The molecule has 4 heteroatoms. The standard InChI is InChI=1S/C10H17N3S/c1-8-2-4-13(5-3-8)6-9-7-14-10(11)12-9/h7-8H,2-6H2,1H3,(H2,11,12)/p+1. The van der Waals surface area contributed by atoms with Crippen molar-refractivity contribution in [2.75, 3.05) is 18.8 Å². The van der Waals surface area contributed by atoms with E-state index in [9.17, 15) is 0 Å². The second-order valence-electron chi connectivity index (χ2n) is 4.29. The fraction of sp³-hybridized carbons (Fsp3) is 0.700. The Morgan fingerprint density at radius 1 is 1.57 bits per heavy atom. The lowest BCUT2D eigenvalue weighted by Gasteiger charge is -2.26.